The van der Waals surface area contributed by atoms with Gasteiger partial charge in [0.25, 0.3) is 0 Å². The molecule has 0 bridgehead atoms. The first-order valence-electron chi connectivity index (χ1n) is 7.72. The van der Waals surface area contributed by atoms with Crippen molar-refractivity contribution in [3.05, 3.63) is 58.9 Å². The molecule has 3 aromatic rings. The highest BCUT2D eigenvalue weighted by Crippen LogP contribution is 2.21. The molecule has 0 saturated carbocycles. The van der Waals surface area contributed by atoms with Gasteiger partial charge in [-0.1, -0.05) is 12.1 Å². The number of rotatable bonds is 3. The molecule has 0 radical (unpaired) electrons. The third kappa shape index (κ3) is 2.86. The number of nitrogens with zero attached hydrogens (tertiary/aromatic N) is 3. The van der Waals surface area contributed by atoms with Gasteiger partial charge in [-0.15, -0.1) is 0 Å². The molecule has 0 saturated heterocycles. The van der Waals surface area contributed by atoms with E-state index in [1.54, 1.807) is 24.3 Å². The number of benzene rings is 2. The van der Waals surface area contributed by atoms with Crippen LogP contribution < -0.4 is 5.32 Å². The Bertz CT molecular complexity index is 979. The van der Waals surface area contributed by atoms with E-state index in [9.17, 15) is 4.79 Å². The Labute approximate surface area is 140 Å². The van der Waals surface area contributed by atoms with Crippen molar-refractivity contribution < 1.29 is 4.79 Å². The average molecular weight is 318 g/mol. The zero-order valence-corrected chi connectivity index (χ0v) is 13.9. The summed E-state index contributed by atoms with van der Waals surface area (Å²) < 4.78 is 1.89. The Kier molecular flexibility index (Phi) is 4.05. The number of carbonyl (C=O) groups excluding carboxylic acids is 1. The molecule has 0 spiro atoms. The fourth-order valence-electron chi connectivity index (χ4n) is 2.72. The summed E-state index contributed by atoms with van der Waals surface area (Å²) >= 11 is 0. The lowest BCUT2D eigenvalue weighted by atomic mass is 10.1. The minimum atomic E-state index is -0.182. The number of hydrogen-bond acceptors (Lipinski definition) is 3. The number of carbonyl (C=O) groups is 1. The molecule has 0 atom stereocenters. The molecule has 0 aliphatic carbocycles. The van der Waals surface area contributed by atoms with E-state index in [2.05, 4.69) is 29.4 Å². The Balaban J connectivity index is 1.90. The van der Waals surface area contributed by atoms with Crippen LogP contribution in [0.5, 0.6) is 0 Å². The molecule has 1 N–H and O–H groups in total. The molecule has 24 heavy (non-hydrogen) atoms. The number of fused-ring (bicyclic) bond motifs is 1. The van der Waals surface area contributed by atoms with Crippen molar-refractivity contribution in [2.75, 3.05) is 5.32 Å². The van der Waals surface area contributed by atoms with Gasteiger partial charge in [-0.2, -0.15) is 5.26 Å². The van der Waals surface area contributed by atoms with Crippen LogP contribution in [0.4, 0.5) is 5.69 Å². The van der Waals surface area contributed by atoms with Gasteiger partial charge in [-0.3, -0.25) is 4.79 Å². The van der Waals surface area contributed by atoms with Crippen molar-refractivity contribution in [1.29, 1.82) is 5.26 Å². The topological polar surface area (TPSA) is 70.7 Å². The number of nitrogens with one attached hydrogen (secondary N) is 1. The molecule has 1 aromatic heterocycles. The van der Waals surface area contributed by atoms with Gasteiger partial charge in [-0.05, 0) is 56.2 Å². The van der Waals surface area contributed by atoms with E-state index in [4.69, 9.17) is 5.26 Å². The van der Waals surface area contributed by atoms with Crippen molar-refractivity contribution in [2.45, 2.75) is 27.3 Å². The summed E-state index contributed by atoms with van der Waals surface area (Å²) in [7, 11) is 0. The monoisotopic (exact) mass is 318 g/mol. The second kappa shape index (κ2) is 6.17. The number of anilines is 1. The van der Waals surface area contributed by atoms with Crippen molar-refractivity contribution in [1.82, 2.24) is 9.55 Å². The maximum Gasteiger partial charge on any atom is 0.244 e. The van der Waals surface area contributed by atoms with Crippen LogP contribution in [0.2, 0.25) is 0 Å². The predicted molar refractivity (Wildman–Crippen MR) is 93.7 cm³/mol. The number of nitriles is 1. The van der Waals surface area contributed by atoms with Crippen LogP contribution in [0.15, 0.2) is 36.4 Å². The summed E-state index contributed by atoms with van der Waals surface area (Å²) in [5, 5.41) is 11.9. The highest BCUT2D eigenvalue weighted by atomic mass is 16.1. The molecule has 5 nitrogen and oxygen atoms in total. The standard InChI is InChI=1S/C19H18N4O/c1-12-8-17-18(9-13(12)2)23(14(3)21-17)11-19(24)22-16-7-5-4-6-15(16)10-20/h4-9H,11H2,1-3H3,(H,22,24). The molecular formula is C19H18N4O. The third-order valence-electron chi connectivity index (χ3n) is 4.18. The molecule has 2 aromatic carbocycles. The summed E-state index contributed by atoms with van der Waals surface area (Å²) in [6.07, 6.45) is 0. The molecule has 5 heteroatoms. The average Bonchev–Trinajstić information content (AvgIpc) is 2.84. The largest absolute Gasteiger partial charge is 0.323 e. The molecule has 120 valence electrons. The zero-order valence-electron chi connectivity index (χ0n) is 13.9. The molecule has 0 aliphatic rings. The van der Waals surface area contributed by atoms with E-state index >= 15 is 0 Å². The van der Waals surface area contributed by atoms with E-state index in [-0.39, 0.29) is 12.5 Å². The number of hydrogen-bond donors (Lipinski definition) is 1. The number of para-hydroxylation sites is 1. The highest BCUT2D eigenvalue weighted by molar-refractivity contribution is 5.93. The van der Waals surface area contributed by atoms with Gasteiger partial charge in [0.2, 0.25) is 5.91 Å². The summed E-state index contributed by atoms with van der Waals surface area (Å²) in [4.78, 5) is 17.0. The molecule has 3 rings (SSSR count). The van der Waals surface area contributed by atoms with Gasteiger partial charge in [0, 0.05) is 0 Å². The fraction of sp³-hybridized carbons (Fsp3) is 0.211. The first kappa shape index (κ1) is 15.8. The predicted octanol–water partition coefficient (Wildman–Crippen LogP) is 3.47. The van der Waals surface area contributed by atoms with E-state index in [1.807, 2.05) is 24.5 Å². The number of aryl methyl sites for hydroxylation is 3. The SMILES string of the molecule is Cc1cc2nc(C)n(CC(=O)Nc3ccccc3C#N)c2cc1C. The van der Waals surface area contributed by atoms with E-state index in [0.717, 1.165) is 16.9 Å². The number of aromatic nitrogens is 2. The molecule has 1 amide bonds. The van der Waals surface area contributed by atoms with E-state index < -0.39 is 0 Å². The number of amides is 1. The van der Waals surface area contributed by atoms with Crippen LogP contribution in [-0.2, 0) is 11.3 Å². The zero-order chi connectivity index (χ0) is 17.3. The maximum absolute atomic E-state index is 12.4. The van der Waals surface area contributed by atoms with Gasteiger partial charge in [0.15, 0.2) is 0 Å². The normalized spacial score (nSPS) is 10.6. The number of imidazole rings is 1. The van der Waals surface area contributed by atoms with E-state index in [0.29, 0.717) is 11.3 Å². The van der Waals surface area contributed by atoms with Crippen LogP contribution in [0.25, 0.3) is 11.0 Å². The highest BCUT2D eigenvalue weighted by Gasteiger charge is 2.13. The van der Waals surface area contributed by atoms with Crippen LogP contribution in [-0.4, -0.2) is 15.5 Å². The smallest absolute Gasteiger partial charge is 0.244 e. The lowest BCUT2D eigenvalue weighted by Crippen LogP contribution is -2.20. The third-order valence-corrected chi connectivity index (χ3v) is 4.18. The minimum Gasteiger partial charge on any atom is -0.323 e. The van der Waals surface area contributed by atoms with Gasteiger partial charge in [0.1, 0.15) is 18.4 Å². The van der Waals surface area contributed by atoms with Gasteiger partial charge in [-0.25, -0.2) is 4.98 Å². The van der Waals surface area contributed by atoms with Crippen LogP contribution in [0, 0.1) is 32.1 Å². The van der Waals surface area contributed by atoms with Crippen molar-refractivity contribution in [3.8, 4) is 6.07 Å². The molecular weight excluding hydrogens is 300 g/mol. The summed E-state index contributed by atoms with van der Waals surface area (Å²) in [5.74, 6) is 0.608. The lowest BCUT2D eigenvalue weighted by Gasteiger charge is -2.10. The first-order chi connectivity index (χ1) is 11.5. The summed E-state index contributed by atoms with van der Waals surface area (Å²) in [5.41, 5.74) is 5.15. The summed E-state index contributed by atoms with van der Waals surface area (Å²) in [6.45, 7) is 6.14. The Morgan fingerprint density at radius 2 is 1.92 bits per heavy atom. The van der Waals surface area contributed by atoms with Gasteiger partial charge < -0.3 is 9.88 Å². The Hall–Kier alpha value is -3.13. The van der Waals surface area contributed by atoms with Crippen molar-refractivity contribution in [3.63, 3.8) is 0 Å². The van der Waals surface area contributed by atoms with Crippen molar-refractivity contribution >= 4 is 22.6 Å². The van der Waals surface area contributed by atoms with Gasteiger partial charge in [0.05, 0.1) is 22.3 Å². The Morgan fingerprint density at radius 1 is 1.21 bits per heavy atom. The van der Waals surface area contributed by atoms with Gasteiger partial charge >= 0.3 is 0 Å². The van der Waals surface area contributed by atoms with Crippen LogP contribution in [0.1, 0.15) is 22.5 Å². The molecule has 1 heterocycles. The lowest BCUT2D eigenvalue weighted by molar-refractivity contribution is -0.116. The quantitative estimate of drug-likeness (QED) is 0.804. The molecule has 0 fully saturated rings. The van der Waals surface area contributed by atoms with E-state index in [1.165, 1.54) is 11.1 Å². The first-order valence-corrected chi connectivity index (χ1v) is 7.72. The minimum absolute atomic E-state index is 0.157. The maximum atomic E-state index is 12.4. The second-order valence-electron chi connectivity index (χ2n) is 5.88. The summed E-state index contributed by atoms with van der Waals surface area (Å²) in [6, 6.07) is 13.1. The van der Waals surface area contributed by atoms with Crippen LogP contribution in [0.3, 0.4) is 0 Å². The van der Waals surface area contributed by atoms with Crippen LogP contribution >= 0.6 is 0 Å². The second-order valence-corrected chi connectivity index (χ2v) is 5.88. The van der Waals surface area contributed by atoms with Crippen molar-refractivity contribution in [2.24, 2.45) is 0 Å². The Morgan fingerprint density at radius 3 is 2.67 bits per heavy atom. The molecule has 0 aliphatic heterocycles. The molecule has 0 unspecified atom stereocenters. The fourth-order valence-corrected chi connectivity index (χ4v) is 2.72.